The fraction of sp³-hybridized carbons (Fsp3) is 0.647. The Morgan fingerprint density at radius 2 is 1.91 bits per heavy atom. The Morgan fingerprint density at radius 3 is 2.65 bits per heavy atom. The van der Waals surface area contributed by atoms with Crippen LogP contribution in [0.2, 0.25) is 0 Å². The number of hydrogen-bond donors (Lipinski definition) is 2. The van der Waals surface area contributed by atoms with E-state index in [1.807, 2.05) is 12.1 Å². The Bertz CT molecular complexity index is 659. The summed E-state index contributed by atoms with van der Waals surface area (Å²) in [6, 6.07) is 8.29. The van der Waals surface area contributed by atoms with Gasteiger partial charge in [0.2, 0.25) is 0 Å². The van der Waals surface area contributed by atoms with Gasteiger partial charge in [-0.2, -0.15) is 0 Å². The Balaban J connectivity index is 1.61. The van der Waals surface area contributed by atoms with Crippen LogP contribution in [-0.2, 0) is 26.6 Å². The van der Waals surface area contributed by atoms with E-state index in [1.54, 1.807) is 0 Å². The second kappa shape index (κ2) is 6.16. The maximum Gasteiger partial charge on any atom is 0.150 e. The van der Waals surface area contributed by atoms with E-state index in [0.29, 0.717) is 32.5 Å². The molecule has 2 N–H and O–H groups in total. The summed E-state index contributed by atoms with van der Waals surface area (Å²) in [7, 11) is -2.96. The van der Waals surface area contributed by atoms with Gasteiger partial charge < -0.3 is 15.2 Å². The van der Waals surface area contributed by atoms with Gasteiger partial charge >= 0.3 is 0 Å². The highest BCUT2D eigenvalue weighted by Crippen LogP contribution is 2.32. The first-order valence-corrected chi connectivity index (χ1v) is 10.0. The molecule has 0 aromatic heterocycles. The fourth-order valence-corrected chi connectivity index (χ4v) is 5.08. The molecule has 1 aromatic rings. The van der Waals surface area contributed by atoms with Crippen LogP contribution < -0.4 is 5.32 Å². The molecule has 2 aliphatic heterocycles. The topological polar surface area (TPSA) is 75.6 Å². The van der Waals surface area contributed by atoms with Crippen LogP contribution in [0.5, 0.6) is 0 Å². The minimum atomic E-state index is -2.96. The van der Waals surface area contributed by atoms with Crippen LogP contribution in [0.4, 0.5) is 0 Å². The van der Waals surface area contributed by atoms with Crippen molar-refractivity contribution in [3.05, 3.63) is 35.4 Å². The van der Waals surface area contributed by atoms with E-state index in [9.17, 15) is 13.5 Å². The second-order valence-electron chi connectivity index (χ2n) is 6.97. The number of aliphatic hydroxyl groups is 1. The first kappa shape index (κ1) is 16.9. The molecule has 128 valence electrons. The third-order valence-corrected chi connectivity index (χ3v) is 6.70. The summed E-state index contributed by atoms with van der Waals surface area (Å²) in [5.74, 6) is 0.142. The quantitative estimate of drug-likeness (QED) is 0.856. The van der Waals surface area contributed by atoms with Crippen LogP contribution in [0.3, 0.4) is 0 Å². The lowest BCUT2D eigenvalue weighted by Gasteiger charge is -2.38. The van der Waals surface area contributed by atoms with Crippen molar-refractivity contribution in [3.8, 4) is 0 Å². The minimum Gasteiger partial charge on any atom is -0.388 e. The van der Waals surface area contributed by atoms with E-state index < -0.39 is 21.0 Å². The van der Waals surface area contributed by atoms with Gasteiger partial charge in [0, 0.05) is 13.1 Å². The summed E-state index contributed by atoms with van der Waals surface area (Å²) in [6.45, 7) is 3.74. The van der Waals surface area contributed by atoms with Crippen molar-refractivity contribution in [3.63, 3.8) is 0 Å². The summed E-state index contributed by atoms with van der Waals surface area (Å²) >= 11 is 0. The Kier molecular flexibility index (Phi) is 4.53. The fourth-order valence-electron chi connectivity index (χ4n) is 3.49. The van der Waals surface area contributed by atoms with Gasteiger partial charge in [0.25, 0.3) is 0 Å². The van der Waals surface area contributed by atoms with Crippen molar-refractivity contribution in [1.29, 1.82) is 0 Å². The molecular weight excluding hydrogens is 314 g/mol. The van der Waals surface area contributed by atoms with Gasteiger partial charge in [-0.15, -0.1) is 0 Å². The first-order chi connectivity index (χ1) is 10.8. The molecule has 0 saturated carbocycles. The lowest BCUT2D eigenvalue weighted by molar-refractivity contribution is -0.0498. The number of fused-ring (bicyclic) bond motifs is 1. The van der Waals surface area contributed by atoms with Crippen molar-refractivity contribution in [1.82, 2.24) is 5.32 Å². The molecule has 0 bridgehead atoms. The summed E-state index contributed by atoms with van der Waals surface area (Å²) in [5, 5.41) is 13.8. The van der Waals surface area contributed by atoms with Gasteiger partial charge in [0.05, 0.1) is 23.7 Å². The Hall–Kier alpha value is -0.950. The van der Waals surface area contributed by atoms with E-state index in [-0.39, 0.29) is 11.5 Å². The van der Waals surface area contributed by atoms with Crippen LogP contribution >= 0.6 is 0 Å². The van der Waals surface area contributed by atoms with Gasteiger partial charge in [0.15, 0.2) is 9.84 Å². The maximum absolute atomic E-state index is 11.5. The molecule has 5 nitrogen and oxygen atoms in total. The molecule has 0 radical (unpaired) electrons. The van der Waals surface area contributed by atoms with Crippen LogP contribution in [0.25, 0.3) is 0 Å². The number of ether oxygens (including phenoxy) is 1. The number of hydrogen-bond acceptors (Lipinski definition) is 5. The molecule has 1 saturated heterocycles. The molecule has 6 heteroatoms. The zero-order valence-electron chi connectivity index (χ0n) is 13.5. The first-order valence-electron chi connectivity index (χ1n) is 8.18. The molecule has 3 rings (SSSR count). The zero-order chi connectivity index (χ0) is 16.6. The molecule has 2 aliphatic rings. The molecule has 0 aliphatic carbocycles. The molecule has 1 fully saturated rings. The van der Waals surface area contributed by atoms with E-state index >= 15 is 0 Å². The molecule has 0 amide bonds. The molecule has 23 heavy (non-hydrogen) atoms. The summed E-state index contributed by atoms with van der Waals surface area (Å²) in [4.78, 5) is 0. The van der Waals surface area contributed by atoms with Crippen LogP contribution in [-0.4, -0.2) is 50.3 Å². The van der Waals surface area contributed by atoms with Crippen molar-refractivity contribution in [2.45, 2.75) is 37.4 Å². The lowest BCUT2D eigenvalue weighted by Crippen LogP contribution is -2.50. The summed E-state index contributed by atoms with van der Waals surface area (Å²) in [6.07, 6.45) is 1.53. The van der Waals surface area contributed by atoms with E-state index in [2.05, 4.69) is 24.4 Å². The standard InChI is InChI=1S/C17H25NO4S/c1-16(15-5-3-2-4-14(15)6-9-22-16)12-18-13-17(19)7-10-23(20,21)11-8-17/h2-5,18-19H,6-13H2,1H3. The predicted molar refractivity (Wildman–Crippen MR) is 89.2 cm³/mol. The van der Waals surface area contributed by atoms with Gasteiger partial charge in [-0.3, -0.25) is 0 Å². The molecule has 1 aromatic carbocycles. The second-order valence-corrected chi connectivity index (χ2v) is 9.27. The van der Waals surface area contributed by atoms with Crippen LogP contribution in [0, 0.1) is 0 Å². The molecular formula is C17H25NO4S. The molecule has 2 heterocycles. The van der Waals surface area contributed by atoms with E-state index in [0.717, 1.165) is 6.42 Å². The Labute approximate surface area is 138 Å². The van der Waals surface area contributed by atoms with E-state index in [4.69, 9.17) is 4.74 Å². The van der Waals surface area contributed by atoms with Gasteiger partial charge in [-0.05, 0) is 37.3 Å². The van der Waals surface area contributed by atoms with Crippen molar-refractivity contribution >= 4 is 9.84 Å². The summed E-state index contributed by atoms with van der Waals surface area (Å²) in [5.41, 5.74) is 1.16. The largest absolute Gasteiger partial charge is 0.388 e. The summed E-state index contributed by atoms with van der Waals surface area (Å²) < 4.78 is 29.0. The van der Waals surface area contributed by atoms with Gasteiger partial charge in [-0.1, -0.05) is 24.3 Å². The van der Waals surface area contributed by atoms with Crippen molar-refractivity contribution < 1.29 is 18.3 Å². The minimum absolute atomic E-state index is 0.0712. The lowest BCUT2D eigenvalue weighted by atomic mass is 9.87. The normalized spacial score (nSPS) is 29.0. The molecule has 1 unspecified atom stereocenters. The Morgan fingerprint density at radius 1 is 1.22 bits per heavy atom. The maximum atomic E-state index is 11.5. The monoisotopic (exact) mass is 339 g/mol. The zero-order valence-corrected chi connectivity index (χ0v) is 14.4. The van der Waals surface area contributed by atoms with Gasteiger partial charge in [0.1, 0.15) is 5.60 Å². The third kappa shape index (κ3) is 3.76. The molecule has 0 spiro atoms. The number of rotatable bonds is 4. The van der Waals surface area contributed by atoms with Gasteiger partial charge in [-0.25, -0.2) is 8.42 Å². The highest BCUT2D eigenvalue weighted by Gasteiger charge is 2.37. The third-order valence-electron chi connectivity index (χ3n) is 5.05. The SMILES string of the molecule is CC1(CNCC2(O)CCS(=O)(=O)CC2)OCCc2ccccc21. The van der Waals surface area contributed by atoms with Crippen LogP contribution in [0.15, 0.2) is 24.3 Å². The number of benzene rings is 1. The van der Waals surface area contributed by atoms with Crippen LogP contribution in [0.1, 0.15) is 30.9 Å². The number of nitrogens with one attached hydrogen (secondary N) is 1. The smallest absolute Gasteiger partial charge is 0.150 e. The van der Waals surface area contributed by atoms with Crippen molar-refractivity contribution in [2.75, 3.05) is 31.2 Å². The average molecular weight is 339 g/mol. The van der Waals surface area contributed by atoms with E-state index in [1.165, 1.54) is 11.1 Å². The highest BCUT2D eigenvalue weighted by molar-refractivity contribution is 7.91. The number of sulfone groups is 1. The highest BCUT2D eigenvalue weighted by atomic mass is 32.2. The van der Waals surface area contributed by atoms with Crippen molar-refractivity contribution in [2.24, 2.45) is 0 Å². The molecule has 1 atom stereocenters. The predicted octanol–water partition coefficient (Wildman–Crippen LogP) is 1.00. The average Bonchev–Trinajstić information content (AvgIpc) is 2.51.